The van der Waals surface area contributed by atoms with Gasteiger partial charge in [0.1, 0.15) is 0 Å². The summed E-state index contributed by atoms with van der Waals surface area (Å²) < 4.78 is 0. The Morgan fingerprint density at radius 2 is 1.83 bits per heavy atom. The first-order chi connectivity index (χ1) is 8.75. The van der Waals surface area contributed by atoms with Crippen LogP contribution >= 0.6 is 15.9 Å². The van der Waals surface area contributed by atoms with Crippen LogP contribution in [-0.2, 0) is 6.42 Å². The van der Waals surface area contributed by atoms with Gasteiger partial charge < -0.3 is 0 Å². The molecule has 0 radical (unpaired) electrons. The molecule has 1 aliphatic carbocycles. The van der Waals surface area contributed by atoms with E-state index in [0.717, 1.165) is 18.3 Å². The second-order valence-electron chi connectivity index (χ2n) is 5.55. The fourth-order valence-electron chi connectivity index (χ4n) is 2.78. The SMILES string of the molecule is CC(C(Br)Cc1cccc2ccccc12)C1CC1. The molecule has 18 heavy (non-hydrogen) atoms. The molecule has 2 atom stereocenters. The van der Waals surface area contributed by atoms with Gasteiger partial charge in [0.25, 0.3) is 0 Å². The maximum Gasteiger partial charge on any atom is 0.0214 e. The lowest BCUT2D eigenvalue weighted by atomic mass is 9.94. The predicted octanol–water partition coefficient (Wildman–Crippen LogP) is 5.19. The summed E-state index contributed by atoms with van der Waals surface area (Å²) in [5, 5.41) is 2.77. The van der Waals surface area contributed by atoms with Gasteiger partial charge in [-0.05, 0) is 47.4 Å². The first-order valence-corrected chi connectivity index (χ1v) is 7.78. The quantitative estimate of drug-likeness (QED) is 0.682. The minimum atomic E-state index is 0.607. The second-order valence-corrected chi connectivity index (χ2v) is 6.73. The van der Waals surface area contributed by atoms with Crippen LogP contribution in [0.1, 0.15) is 25.3 Å². The van der Waals surface area contributed by atoms with Crippen LogP contribution < -0.4 is 0 Å². The summed E-state index contributed by atoms with van der Waals surface area (Å²) in [5.41, 5.74) is 1.47. The third kappa shape index (κ3) is 2.47. The molecule has 0 spiro atoms. The summed E-state index contributed by atoms with van der Waals surface area (Å²) >= 11 is 3.91. The van der Waals surface area contributed by atoms with Crippen LogP contribution in [0.2, 0.25) is 0 Å². The Balaban J connectivity index is 1.85. The minimum absolute atomic E-state index is 0.607. The third-order valence-electron chi connectivity index (χ3n) is 4.23. The maximum absolute atomic E-state index is 3.91. The number of benzene rings is 2. The van der Waals surface area contributed by atoms with Gasteiger partial charge in [-0.2, -0.15) is 0 Å². The number of rotatable bonds is 4. The lowest BCUT2D eigenvalue weighted by Gasteiger charge is -2.18. The smallest absolute Gasteiger partial charge is 0.0214 e. The fraction of sp³-hybridized carbons (Fsp3) is 0.412. The van der Waals surface area contributed by atoms with Crippen molar-refractivity contribution in [3.05, 3.63) is 48.0 Å². The summed E-state index contributed by atoms with van der Waals surface area (Å²) in [6.45, 7) is 2.39. The Labute approximate surface area is 118 Å². The molecule has 0 nitrogen and oxygen atoms in total. The Morgan fingerprint density at radius 1 is 1.11 bits per heavy atom. The van der Waals surface area contributed by atoms with E-state index in [1.165, 1.54) is 29.2 Å². The van der Waals surface area contributed by atoms with Crippen LogP contribution in [0, 0.1) is 11.8 Å². The highest BCUT2D eigenvalue weighted by atomic mass is 79.9. The van der Waals surface area contributed by atoms with Gasteiger partial charge in [-0.15, -0.1) is 0 Å². The summed E-state index contributed by atoms with van der Waals surface area (Å²) in [7, 11) is 0. The summed E-state index contributed by atoms with van der Waals surface area (Å²) in [6.07, 6.45) is 4.00. The zero-order valence-corrected chi connectivity index (χ0v) is 12.4. The molecule has 0 bridgehead atoms. The van der Waals surface area contributed by atoms with Gasteiger partial charge in [0.2, 0.25) is 0 Å². The van der Waals surface area contributed by atoms with Gasteiger partial charge in [0.15, 0.2) is 0 Å². The van der Waals surface area contributed by atoms with Gasteiger partial charge >= 0.3 is 0 Å². The highest BCUT2D eigenvalue weighted by Crippen LogP contribution is 2.41. The fourth-order valence-corrected chi connectivity index (χ4v) is 3.56. The van der Waals surface area contributed by atoms with Gasteiger partial charge in [-0.25, -0.2) is 0 Å². The molecule has 1 saturated carbocycles. The molecular formula is C17H19Br. The van der Waals surface area contributed by atoms with E-state index in [4.69, 9.17) is 0 Å². The van der Waals surface area contributed by atoms with Crippen LogP contribution in [0.25, 0.3) is 10.8 Å². The molecule has 2 aromatic rings. The highest BCUT2D eigenvalue weighted by Gasteiger charge is 2.32. The molecular weight excluding hydrogens is 284 g/mol. The molecule has 0 amide bonds. The predicted molar refractivity (Wildman–Crippen MR) is 82.3 cm³/mol. The van der Waals surface area contributed by atoms with E-state index in [1.54, 1.807) is 0 Å². The van der Waals surface area contributed by atoms with Crippen molar-refractivity contribution in [2.24, 2.45) is 11.8 Å². The van der Waals surface area contributed by atoms with Crippen molar-refractivity contribution in [2.75, 3.05) is 0 Å². The Bertz CT molecular complexity index is 537. The topological polar surface area (TPSA) is 0 Å². The average molecular weight is 303 g/mol. The number of alkyl halides is 1. The normalized spacial score (nSPS) is 18.8. The summed E-state index contributed by atoms with van der Waals surface area (Å²) in [6, 6.07) is 15.4. The number of halogens is 1. The van der Waals surface area contributed by atoms with E-state index in [2.05, 4.69) is 65.3 Å². The molecule has 2 aromatic carbocycles. The molecule has 2 unspecified atom stereocenters. The van der Waals surface area contributed by atoms with Gasteiger partial charge in [0.05, 0.1) is 0 Å². The first kappa shape index (κ1) is 12.2. The summed E-state index contributed by atoms with van der Waals surface area (Å²) in [4.78, 5) is 0.607. The lowest BCUT2D eigenvalue weighted by molar-refractivity contribution is 0.490. The van der Waals surface area contributed by atoms with E-state index >= 15 is 0 Å². The van der Waals surface area contributed by atoms with E-state index in [1.807, 2.05) is 0 Å². The average Bonchev–Trinajstić information content (AvgIpc) is 3.22. The van der Waals surface area contributed by atoms with Crippen molar-refractivity contribution in [1.82, 2.24) is 0 Å². The van der Waals surface area contributed by atoms with Crippen LogP contribution in [-0.4, -0.2) is 4.83 Å². The van der Waals surface area contributed by atoms with E-state index < -0.39 is 0 Å². The van der Waals surface area contributed by atoms with Crippen LogP contribution in [0.3, 0.4) is 0 Å². The molecule has 1 fully saturated rings. The number of hydrogen-bond acceptors (Lipinski definition) is 0. The van der Waals surface area contributed by atoms with Crippen molar-refractivity contribution in [3.8, 4) is 0 Å². The van der Waals surface area contributed by atoms with Gasteiger partial charge in [-0.1, -0.05) is 65.3 Å². The zero-order valence-electron chi connectivity index (χ0n) is 10.8. The Hall–Kier alpha value is -0.820. The molecule has 0 saturated heterocycles. The van der Waals surface area contributed by atoms with Gasteiger partial charge in [-0.3, -0.25) is 0 Å². The molecule has 1 aliphatic rings. The highest BCUT2D eigenvalue weighted by molar-refractivity contribution is 9.09. The monoisotopic (exact) mass is 302 g/mol. The standard InChI is InChI=1S/C17H19Br/c1-12(13-9-10-13)17(18)11-15-7-4-6-14-5-2-3-8-16(14)15/h2-8,12-13,17H,9-11H2,1H3. The van der Waals surface area contributed by atoms with E-state index in [-0.39, 0.29) is 0 Å². The second kappa shape index (κ2) is 5.05. The minimum Gasteiger partial charge on any atom is -0.0884 e. The molecule has 0 N–H and O–H groups in total. The maximum atomic E-state index is 3.91. The van der Waals surface area contributed by atoms with Crippen molar-refractivity contribution in [1.29, 1.82) is 0 Å². The molecule has 94 valence electrons. The van der Waals surface area contributed by atoms with E-state index in [9.17, 15) is 0 Å². The Morgan fingerprint density at radius 3 is 2.61 bits per heavy atom. The van der Waals surface area contributed by atoms with Crippen molar-refractivity contribution in [3.63, 3.8) is 0 Å². The molecule has 1 heteroatoms. The first-order valence-electron chi connectivity index (χ1n) is 6.86. The molecule has 3 rings (SSSR count). The summed E-state index contributed by atoms with van der Waals surface area (Å²) in [5.74, 6) is 1.76. The molecule has 0 aromatic heterocycles. The van der Waals surface area contributed by atoms with E-state index in [0.29, 0.717) is 4.83 Å². The zero-order chi connectivity index (χ0) is 12.5. The third-order valence-corrected chi connectivity index (χ3v) is 5.39. The molecule has 0 aliphatic heterocycles. The van der Waals surface area contributed by atoms with Crippen LogP contribution in [0.4, 0.5) is 0 Å². The number of hydrogen-bond donors (Lipinski definition) is 0. The van der Waals surface area contributed by atoms with Crippen molar-refractivity contribution < 1.29 is 0 Å². The van der Waals surface area contributed by atoms with Crippen LogP contribution in [0.15, 0.2) is 42.5 Å². The molecule has 0 heterocycles. The largest absolute Gasteiger partial charge is 0.0884 e. The van der Waals surface area contributed by atoms with Crippen LogP contribution in [0.5, 0.6) is 0 Å². The lowest BCUT2D eigenvalue weighted by Crippen LogP contribution is -2.15. The van der Waals surface area contributed by atoms with Crippen molar-refractivity contribution >= 4 is 26.7 Å². The van der Waals surface area contributed by atoms with Gasteiger partial charge in [0, 0.05) is 4.83 Å². The number of fused-ring (bicyclic) bond motifs is 1. The Kier molecular flexibility index (Phi) is 3.43. The van der Waals surface area contributed by atoms with Crippen molar-refractivity contribution in [2.45, 2.75) is 31.0 Å².